The molecule has 1 atom stereocenters. The molecule has 0 saturated carbocycles. The van der Waals surface area contributed by atoms with Gasteiger partial charge < -0.3 is 5.32 Å². The molecule has 26 heavy (non-hydrogen) atoms. The number of nitrogens with zero attached hydrogens (tertiary/aromatic N) is 2. The molecule has 1 fully saturated rings. The van der Waals surface area contributed by atoms with Crippen LogP contribution in [-0.2, 0) is 10.0 Å². The van der Waals surface area contributed by atoms with E-state index in [0.29, 0.717) is 18.7 Å². The van der Waals surface area contributed by atoms with Crippen molar-refractivity contribution in [1.82, 2.24) is 14.6 Å². The van der Waals surface area contributed by atoms with Gasteiger partial charge in [0.25, 0.3) is 5.91 Å². The maximum atomic E-state index is 12.8. The van der Waals surface area contributed by atoms with E-state index >= 15 is 0 Å². The summed E-state index contributed by atoms with van der Waals surface area (Å²) in [6, 6.07) is 9.72. The molecule has 1 N–H and O–H groups in total. The average molecular weight is 373 g/mol. The number of amides is 1. The van der Waals surface area contributed by atoms with Crippen molar-refractivity contribution in [2.24, 2.45) is 0 Å². The van der Waals surface area contributed by atoms with E-state index in [-0.39, 0.29) is 16.8 Å². The van der Waals surface area contributed by atoms with Gasteiger partial charge in [-0.15, -0.1) is 0 Å². The van der Waals surface area contributed by atoms with Crippen molar-refractivity contribution < 1.29 is 13.2 Å². The van der Waals surface area contributed by atoms with E-state index in [1.807, 2.05) is 19.1 Å². The Morgan fingerprint density at radius 3 is 2.50 bits per heavy atom. The van der Waals surface area contributed by atoms with E-state index in [2.05, 4.69) is 10.3 Å². The number of carbonyl (C=O) groups is 1. The molecule has 1 aromatic heterocycles. The Bertz CT molecular complexity index is 863. The molecule has 0 aliphatic carbocycles. The highest BCUT2D eigenvalue weighted by Crippen LogP contribution is 2.21. The normalized spacial score (nSPS) is 16.8. The van der Waals surface area contributed by atoms with Crippen molar-refractivity contribution in [2.45, 2.75) is 37.1 Å². The maximum absolute atomic E-state index is 12.8. The Kier molecular flexibility index (Phi) is 5.68. The van der Waals surface area contributed by atoms with Crippen LogP contribution in [0, 0.1) is 0 Å². The summed E-state index contributed by atoms with van der Waals surface area (Å²) >= 11 is 0. The lowest BCUT2D eigenvalue weighted by molar-refractivity contribution is 0.0939. The average Bonchev–Trinajstić information content (AvgIpc) is 2.69. The Morgan fingerprint density at radius 2 is 1.81 bits per heavy atom. The number of rotatable bonds is 5. The van der Waals surface area contributed by atoms with Crippen LogP contribution < -0.4 is 5.32 Å². The third-order valence-electron chi connectivity index (χ3n) is 4.60. The van der Waals surface area contributed by atoms with Crippen molar-refractivity contribution in [2.75, 3.05) is 13.1 Å². The topological polar surface area (TPSA) is 79.4 Å². The van der Waals surface area contributed by atoms with Gasteiger partial charge in [0.15, 0.2) is 0 Å². The SMILES string of the molecule is CC(NC(=O)c1cccc(S(=O)(=O)N2CCCCC2)c1)c1ccncc1. The monoisotopic (exact) mass is 373 g/mol. The molecule has 6 nitrogen and oxygen atoms in total. The van der Waals surface area contributed by atoms with Crippen molar-refractivity contribution >= 4 is 15.9 Å². The summed E-state index contributed by atoms with van der Waals surface area (Å²) in [5.41, 5.74) is 1.27. The van der Waals surface area contributed by atoms with Crippen LogP contribution in [0.5, 0.6) is 0 Å². The Morgan fingerprint density at radius 1 is 1.12 bits per heavy atom. The van der Waals surface area contributed by atoms with Crippen molar-refractivity contribution in [3.05, 3.63) is 59.9 Å². The Labute approximate surface area is 154 Å². The molecule has 2 heterocycles. The maximum Gasteiger partial charge on any atom is 0.251 e. The molecule has 3 rings (SSSR count). The van der Waals surface area contributed by atoms with Crippen LogP contribution in [0.1, 0.15) is 48.1 Å². The van der Waals surface area contributed by atoms with Crippen LogP contribution in [0.3, 0.4) is 0 Å². The molecule has 7 heteroatoms. The third-order valence-corrected chi connectivity index (χ3v) is 6.50. The molecule has 1 amide bonds. The van der Waals surface area contributed by atoms with Crippen LogP contribution in [0.25, 0.3) is 0 Å². The quantitative estimate of drug-likeness (QED) is 0.874. The number of pyridine rings is 1. The largest absolute Gasteiger partial charge is 0.346 e. The van der Waals surface area contributed by atoms with Gasteiger partial charge >= 0.3 is 0 Å². The van der Waals surface area contributed by atoms with Gasteiger partial charge in [-0.25, -0.2) is 8.42 Å². The molecule has 1 saturated heterocycles. The lowest BCUT2D eigenvalue weighted by Gasteiger charge is -2.26. The van der Waals surface area contributed by atoms with E-state index in [0.717, 1.165) is 24.8 Å². The highest BCUT2D eigenvalue weighted by Gasteiger charge is 2.26. The Balaban J connectivity index is 1.77. The number of carbonyl (C=O) groups excluding carboxylic acids is 1. The molecule has 0 spiro atoms. The van der Waals surface area contributed by atoms with Crippen LogP contribution in [0.2, 0.25) is 0 Å². The van der Waals surface area contributed by atoms with Crippen LogP contribution in [0.15, 0.2) is 53.7 Å². The summed E-state index contributed by atoms with van der Waals surface area (Å²) in [7, 11) is -3.55. The molecule has 138 valence electrons. The first-order valence-corrected chi connectivity index (χ1v) is 10.2. The molecule has 0 radical (unpaired) electrons. The molecule has 1 aliphatic heterocycles. The molecular formula is C19H23N3O3S. The predicted octanol–water partition coefficient (Wildman–Crippen LogP) is 2.75. The summed E-state index contributed by atoms with van der Waals surface area (Å²) in [5, 5.41) is 2.90. The van der Waals surface area contributed by atoms with Gasteiger partial charge in [0.05, 0.1) is 10.9 Å². The van der Waals surface area contributed by atoms with Gasteiger partial charge in [0.2, 0.25) is 10.0 Å². The van der Waals surface area contributed by atoms with E-state index in [1.54, 1.807) is 30.6 Å². The smallest absolute Gasteiger partial charge is 0.251 e. The first kappa shape index (κ1) is 18.5. The second-order valence-electron chi connectivity index (χ2n) is 6.47. The number of sulfonamides is 1. The summed E-state index contributed by atoms with van der Waals surface area (Å²) in [5.74, 6) is -0.301. The zero-order chi connectivity index (χ0) is 18.6. The van der Waals surface area contributed by atoms with Crippen LogP contribution in [0.4, 0.5) is 0 Å². The summed E-state index contributed by atoms with van der Waals surface area (Å²) in [6.45, 7) is 2.96. The molecule has 0 bridgehead atoms. The van der Waals surface area contributed by atoms with Gasteiger partial charge in [-0.3, -0.25) is 9.78 Å². The number of benzene rings is 1. The van der Waals surface area contributed by atoms with Gasteiger partial charge in [-0.1, -0.05) is 12.5 Å². The minimum absolute atomic E-state index is 0.170. The Hall–Kier alpha value is -2.25. The lowest BCUT2D eigenvalue weighted by Crippen LogP contribution is -2.35. The number of piperidine rings is 1. The molecular weight excluding hydrogens is 350 g/mol. The third kappa shape index (κ3) is 4.11. The van der Waals surface area contributed by atoms with E-state index < -0.39 is 10.0 Å². The van der Waals surface area contributed by atoms with Gasteiger partial charge in [0, 0.05) is 31.0 Å². The fourth-order valence-electron chi connectivity index (χ4n) is 3.07. The standard InChI is InChI=1S/C19H23N3O3S/c1-15(16-8-10-20-11-9-16)21-19(23)17-6-5-7-18(14-17)26(24,25)22-12-3-2-4-13-22/h5-11,14-15H,2-4,12-13H2,1H3,(H,21,23). The van der Waals surface area contributed by atoms with Crippen molar-refractivity contribution in [3.63, 3.8) is 0 Å². The predicted molar refractivity (Wildman–Crippen MR) is 99.2 cm³/mol. The van der Waals surface area contributed by atoms with E-state index in [4.69, 9.17) is 0 Å². The van der Waals surface area contributed by atoms with Crippen molar-refractivity contribution in [1.29, 1.82) is 0 Å². The number of hydrogen-bond donors (Lipinski definition) is 1. The first-order chi connectivity index (χ1) is 12.5. The van der Waals surface area contributed by atoms with Gasteiger partial charge in [-0.05, 0) is 55.7 Å². The van der Waals surface area contributed by atoms with Crippen LogP contribution in [-0.4, -0.2) is 36.7 Å². The summed E-state index contributed by atoms with van der Waals surface area (Å²) < 4.78 is 27.1. The van der Waals surface area contributed by atoms with E-state index in [1.165, 1.54) is 10.4 Å². The minimum atomic E-state index is -3.55. The lowest BCUT2D eigenvalue weighted by atomic mass is 10.1. The zero-order valence-electron chi connectivity index (χ0n) is 14.8. The highest BCUT2D eigenvalue weighted by atomic mass is 32.2. The fourth-order valence-corrected chi connectivity index (χ4v) is 4.63. The summed E-state index contributed by atoms with van der Waals surface area (Å²) in [4.78, 5) is 16.7. The van der Waals surface area contributed by atoms with Crippen molar-refractivity contribution in [3.8, 4) is 0 Å². The van der Waals surface area contributed by atoms with Gasteiger partial charge in [-0.2, -0.15) is 4.31 Å². The zero-order valence-corrected chi connectivity index (χ0v) is 15.6. The number of hydrogen-bond acceptors (Lipinski definition) is 4. The highest BCUT2D eigenvalue weighted by molar-refractivity contribution is 7.89. The first-order valence-electron chi connectivity index (χ1n) is 8.79. The second-order valence-corrected chi connectivity index (χ2v) is 8.41. The molecule has 1 aromatic carbocycles. The summed E-state index contributed by atoms with van der Waals surface area (Å²) in [6.07, 6.45) is 6.15. The second kappa shape index (κ2) is 7.97. The van der Waals surface area contributed by atoms with Crippen LogP contribution >= 0.6 is 0 Å². The molecule has 2 aromatic rings. The number of nitrogens with one attached hydrogen (secondary N) is 1. The fraction of sp³-hybridized carbons (Fsp3) is 0.368. The minimum Gasteiger partial charge on any atom is -0.346 e. The number of aromatic nitrogens is 1. The van der Waals surface area contributed by atoms with Gasteiger partial charge in [0.1, 0.15) is 0 Å². The molecule has 1 aliphatic rings. The molecule has 1 unspecified atom stereocenters. The van der Waals surface area contributed by atoms with E-state index in [9.17, 15) is 13.2 Å².